The molecule has 0 aliphatic heterocycles. The van der Waals surface area contributed by atoms with Crippen molar-refractivity contribution in [2.75, 3.05) is 6.61 Å². The summed E-state index contributed by atoms with van der Waals surface area (Å²) in [4.78, 5) is 22.6. The van der Waals surface area contributed by atoms with E-state index in [2.05, 4.69) is 4.74 Å². The number of hydrogen-bond acceptors (Lipinski definition) is 4. The Morgan fingerprint density at radius 1 is 0.590 bits per heavy atom. The van der Waals surface area contributed by atoms with Crippen molar-refractivity contribution in [3.63, 3.8) is 0 Å². The number of carbonyl (C=O) groups is 2. The molecule has 0 unspecified atom stereocenters. The Hall–Kier alpha value is -3.03. The molecule has 0 bridgehead atoms. The molecular formula is C18H8F17O4-. The van der Waals surface area contributed by atoms with Crippen LogP contribution in [-0.4, -0.2) is 66.2 Å². The van der Waals surface area contributed by atoms with Crippen molar-refractivity contribution in [1.29, 1.82) is 0 Å². The van der Waals surface area contributed by atoms with Gasteiger partial charge >= 0.3 is 53.6 Å². The Morgan fingerprint density at radius 2 is 0.949 bits per heavy atom. The summed E-state index contributed by atoms with van der Waals surface area (Å²) >= 11 is 0. The van der Waals surface area contributed by atoms with Crippen LogP contribution < -0.4 is 5.11 Å². The highest BCUT2D eigenvalue weighted by Crippen LogP contribution is 2.64. The summed E-state index contributed by atoms with van der Waals surface area (Å²) in [5, 5.41) is 10.8. The second-order valence-corrected chi connectivity index (χ2v) is 7.37. The van der Waals surface area contributed by atoms with Crippen LogP contribution in [0.15, 0.2) is 24.3 Å². The smallest absolute Gasteiger partial charge is 0.460 e. The topological polar surface area (TPSA) is 66.4 Å². The van der Waals surface area contributed by atoms with E-state index >= 15 is 0 Å². The Kier molecular flexibility index (Phi) is 8.60. The number of carboxylic acid groups (broad SMARTS) is 1. The lowest BCUT2D eigenvalue weighted by Gasteiger charge is -2.42. The molecule has 1 aromatic rings. The molecule has 0 aliphatic rings. The molecule has 39 heavy (non-hydrogen) atoms. The van der Waals surface area contributed by atoms with Crippen molar-refractivity contribution >= 4 is 11.9 Å². The standard InChI is InChI=1S/C18H9F17O4/c19-11(20,5-6-39-10(38)8-4-2-1-3-7(8)9(36)37)12(21,22)13(23,24)14(25,26)15(27,28)16(29,30)17(31,32)18(33,34)35/h1-4H,5-6H2,(H,36,37)/p-1. The van der Waals surface area contributed by atoms with Gasteiger partial charge in [0.25, 0.3) is 0 Å². The number of rotatable bonds is 11. The van der Waals surface area contributed by atoms with Crippen LogP contribution in [0.25, 0.3) is 0 Å². The van der Waals surface area contributed by atoms with E-state index in [0.29, 0.717) is 12.1 Å². The maximum absolute atomic E-state index is 13.8. The van der Waals surface area contributed by atoms with Crippen molar-refractivity contribution in [3.8, 4) is 0 Å². The zero-order valence-electron chi connectivity index (χ0n) is 17.8. The van der Waals surface area contributed by atoms with Gasteiger partial charge in [-0.15, -0.1) is 0 Å². The third-order valence-electron chi connectivity index (χ3n) is 4.80. The van der Waals surface area contributed by atoms with E-state index in [-0.39, 0.29) is 0 Å². The molecule has 21 heteroatoms. The summed E-state index contributed by atoms with van der Waals surface area (Å²) in [5.41, 5.74) is -2.01. The largest absolute Gasteiger partial charge is 0.545 e. The lowest BCUT2D eigenvalue weighted by molar-refractivity contribution is -0.461. The highest BCUT2D eigenvalue weighted by molar-refractivity contribution is 6.01. The number of benzene rings is 1. The van der Waals surface area contributed by atoms with Gasteiger partial charge in [-0.25, -0.2) is 4.79 Å². The van der Waals surface area contributed by atoms with Crippen molar-refractivity contribution in [1.82, 2.24) is 0 Å². The number of esters is 1. The van der Waals surface area contributed by atoms with Gasteiger partial charge in [0.15, 0.2) is 0 Å². The summed E-state index contributed by atoms with van der Waals surface area (Å²) in [6.07, 6.45) is -10.9. The Balaban J connectivity index is 3.33. The first-order valence-electron chi connectivity index (χ1n) is 9.25. The number of carboxylic acids is 1. The molecule has 1 aromatic carbocycles. The quantitative estimate of drug-likeness (QED) is 0.241. The van der Waals surface area contributed by atoms with Crippen LogP contribution in [0.4, 0.5) is 74.6 Å². The van der Waals surface area contributed by atoms with Gasteiger partial charge in [-0.1, -0.05) is 18.2 Å². The van der Waals surface area contributed by atoms with Crippen LogP contribution in [0.3, 0.4) is 0 Å². The van der Waals surface area contributed by atoms with Gasteiger partial charge in [0.1, 0.15) is 0 Å². The predicted molar refractivity (Wildman–Crippen MR) is 86.4 cm³/mol. The highest BCUT2D eigenvalue weighted by atomic mass is 19.4. The average Bonchev–Trinajstić information content (AvgIpc) is 2.77. The van der Waals surface area contributed by atoms with E-state index in [1.54, 1.807) is 0 Å². The number of aromatic carboxylic acids is 1. The van der Waals surface area contributed by atoms with Crippen LogP contribution in [0.5, 0.6) is 0 Å². The summed E-state index contributed by atoms with van der Waals surface area (Å²) in [6, 6.07) is 3.18. The first-order chi connectivity index (χ1) is 17.1. The van der Waals surface area contributed by atoms with E-state index in [1.807, 2.05) is 0 Å². The molecule has 0 saturated heterocycles. The van der Waals surface area contributed by atoms with Gasteiger partial charge in [-0.2, -0.15) is 74.6 Å². The fraction of sp³-hybridized carbons (Fsp3) is 0.556. The molecule has 0 spiro atoms. The molecule has 224 valence electrons. The first kappa shape index (κ1) is 34.0. The fourth-order valence-electron chi connectivity index (χ4n) is 2.54. The third kappa shape index (κ3) is 5.14. The van der Waals surface area contributed by atoms with E-state index in [1.165, 1.54) is 0 Å². The molecule has 0 atom stereocenters. The van der Waals surface area contributed by atoms with Crippen LogP contribution in [0, 0.1) is 0 Å². The zero-order valence-corrected chi connectivity index (χ0v) is 17.8. The SMILES string of the molecule is O=C([O-])c1ccccc1C(=O)OCCC(F)(F)C(F)(F)C(F)(F)C(F)(F)C(F)(F)C(F)(F)C(F)(F)C(F)(F)F. The monoisotopic (exact) mass is 611 g/mol. The minimum Gasteiger partial charge on any atom is -0.545 e. The summed E-state index contributed by atoms with van der Waals surface area (Å²) in [7, 11) is 0. The third-order valence-corrected chi connectivity index (χ3v) is 4.80. The normalized spacial score (nSPS) is 14.8. The molecule has 0 N–H and O–H groups in total. The molecule has 1 rings (SSSR count). The van der Waals surface area contributed by atoms with Gasteiger partial charge in [0.05, 0.1) is 24.6 Å². The molecule has 0 radical (unpaired) electrons. The molecular weight excluding hydrogens is 603 g/mol. The molecule has 0 aliphatic carbocycles. The second-order valence-electron chi connectivity index (χ2n) is 7.37. The van der Waals surface area contributed by atoms with Gasteiger partial charge in [0.2, 0.25) is 0 Å². The van der Waals surface area contributed by atoms with Gasteiger partial charge in [-0.05, 0) is 6.07 Å². The number of ether oxygens (including phenoxy) is 1. The number of hydrogen-bond donors (Lipinski definition) is 0. The predicted octanol–water partition coefficient (Wildman–Crippen LogP) is 5.61. The lowest BCUT2D eigenvalue weighted by Crippen LogP contribution is -2.74. The molecule has 0 saturated carbocycles. The van der Waals surface area contributed by atoms with Crippen molar-refractivity contribution in [2.45, 2.75) is 54.1 Å². The zero-order chi connectivity index (χ0) is 31.3. The van der Waals surface area contributed by atoms with E-state index in [9.17, 15) is 89.3 Å². The van der Waals surface area contributed by atoms with Crippen LogP contribution in [0.1, 0.15) is 27.1 Å². The van der Waals surface area contributed by atoms with E-state index < -0.39 is 83.7 Å². The molecule has 0 heterocycles. The first-order valence-corrected chi connectivity index (χ1v) is 9.25. The Labute approximate surface area is 203 Å². The maximum atomic E-state index is 13.8. The van der Waals surface area contributed by atoms with Crippen LogP contribution in [-0.2, 0) is 4.74 Å². The van der Waals surface area contributed by atoms with Crippen molar-refractivity contribution in [2.24, 2.45) is 0 Å². The Bertz CT molecular complexity index is 1080. The van der Waals surface area contributed by atoms with Crippen LogP contribution in [0.2, 0.25) is 0 Å². The minimum atomic E-state index is -8.75. The van der Waals surface area contributed by atoms with Crippen molar-refractivity contribution < 1.29 is 94.1 Å². The van der Waals surface area contributed by atoms with Gasteiger partial charge in [-0.3, -0.25) is 0 Å². The maximum Gasteiger partial charge on any atom is 0.460 e. The van der Waals surface area contributed by atoms with E-state index in [0.717, 1.165) is 12.1 Å². The summed E-state index contributed by atoms with van der Waals surface area (Å²) in [6.45, 7) is -2.21. The number of halogens is 17. The number of carbonyl (C=O) groups excluding carboxylic acids is 2. The molecule has 0 amide bonds. The number of alkyl halides is 17. The average molecular weight is 611 g/mol. The minimum absolute atomic E-state index is 0.619. The lowest BCUT2D eigenvalue weighted by atomic mass is 9.88. The molecule has 0 fully saturated rings. The van der Waals surface area contributed by atoms with Crippen molar-refractivity contribution in [3.05, 3.63) is 35.4 Å². The second kappa shape index (κ2) is 9.86. The van der Waals surface area contributed by atoms with Gasteiger partial charge in [0, 0.05) is 5.56 Å². The molecule has 0 aromatic heterocycles. The van der Waals surface area contributed by atoms with Crippen LogP contribution >= 0.6 is 0 Å². The molecule has 4 nitrogen and oxygen atoms in total. The summed E-state index contributed by atoms with van der Waals surface area (Å²) in [5.74, 6) is -61.5. The van der Waals surface area contributed by atoms with E-state index in [4.69, 9.17) is 0 Å². The Morgan fingerprint density at radius 3 is 1.33 bits per heavy atom. The van der Waals surface area contributed by atoms with Gasteiger partial charge < -0.3 is 14.6 Å². The fourth-order valence-corrected chi connectivity index (χ4v) is 2.54. The summed E-state index contributed by atoms with van der Waals surface area (Å²) < 4.78 is 228. The highest BCUT2D eigenvalue weighted by Gasteiger charge is 2.95.